The van der Waals surface area contributed by atoms with Crippen LogP contribution in [-0.2, 0) is 0 Å². The second-order valence-electron chi connectivity index (χ2n) is 4.94. The third-order valence-corrected chi connectivity index (χ3v) is 3.33. The van der Waals surface area contributed by atoms with Crippen LogP contribution in [0, 0.1) is 6.92 Å². The van der Waals surface area contributed by atoms with Gasteiger partial charge in [-0.15, -0.1) is 0 Å². The number of nitrogens with one attached hydrogen (secondary N) is 1. The number of carbonyl (C=O) groups excluding carboxylic acids is 1. The highest BCUT2D eigenvalue weighted by atomic mass is 16.2. The third kappa shape index (κ3) is 2.64. The Balaban J connectivity index is 2.18. The molecule has 0 spiro atoms. The molecule has 0 bridgehead atoms. The number of piperazine rings is 1. The molecule has 2 rings (SSSR count). The number of rotatable bonds is 2. The maximum Gasteiger partial charge on any atom is 0.253 e. The van der Waals surface area contributed by atoms with Gasteiger partial charge in [0.05, 0.1) is 0 Å². The van der Waals surface area contributed by atoms with Crippen LogP contribution in [0.2, 0.25) is 0 Å². The minimum absolute atomic E-state index is 0.143. The average molecular weight is 247 g/mol. The van der Waals surface area contributed by atoms with Gasteiger partial charge < -0.3 is 15.1 Å². The number of hydrogen-bond acceptors (Lipinski definition) is 3. The Morgan fingerprint density at radius 3 is 2.50 bits per heavy atom. The van der Waals surface area contributed by atoms with E-state index in [2.05, 4.69) is 10.2 Å². The summed E-state index contributed by atoms with van der Waals surface area (Å²) in [5, 5.41) is 3.26. The minimum atomic E-state index is 0.143. The highest BCUT2D eigenvalue weighted by Crippen LogP contribution is 2.20. The Morgan fingerprint density at radius 2 is 1.94 bits per heavy atom. The third-order valence-electron chi connectivity index (χ3n) is 3.33. The van der Waals surface area contributed by atoms with Gasteiger partial charge in [0, 0.05) is 51.5 Å². The van der Waals surface area contributed by atoms with Crippen molar-refractivity contribution in [1.82, 2.24) is 10.2 Å². The number of amides is 1. The fourth-order valence-electron chi connectivity index (χ4n) is 2.34. The van der Waals surface area contributed by atoms with Crippen molar-refractivity contribution < 1.29 is 4.79 Å². The number of nitrogens with zero attached hydrogens (tertiary/aromatic N) is 2. The van der Waals surface area contributed by atoms with Crippen LogP contribution in [0.1, 0.15) is 15.9 Å². The predicted octanol–water partition coefficient (Wildman–Crippen LogP) is 1.11. The van der Waals surface area contributed by atoms with Crippen molar-refractivity contribution in [2.75, 3.05) is 45.2 Å². The highest BCUT2D eigenvalue weighted by Gasteiger charge is 2.18. The molecular weight excluding hydrogens is 226 g/mol. The van der Waals surface area contributed by atoms with Gasteiger partial charge in [0.1, 0.15) is 0 Å². The Morgan fingerprint density at radius 1 is 1.28 bits per heavy atom. The van der Waals surface area contributed by atoms with Gasteiger partial charge in [0.25, 0.3) is 5.91 Å². The van der Waals surface area contributed by atoms with E-state index >= 15 is 0 Å². The van der Waals surface area contributed by atoms with Gasteiger partial charge in [-0.3, -0.25) is 4.79 Å². The minimum Gasteiger partial charge on any atom is -0.377 e. The molecule has 0 atom stereocenters. The summed E-state index contributed by atoms with van der Waals surface area (Å²) in [6, 6.07) is 5.93. The topological polar surface area (TPSA) is 35.6 Å². The van der Waals surface area contributed by atoms with Crippen LogP contribution in [0.15, 0.2) is 18.2 Å². The van der Waals surface area contributed by atoms with Crippen LogP contribution in [0.25, 0.3) is 0 Å². The van der Waals surface area contributed by atoms with Crippen LogP contribution in [-0.4, -0.2) is 51.1 Å². The number of benzene rings is 1. The average Bonchev–Trinajstić information content (AvgIpc) is 2.38. The second-order valence-corrected chi connectivity index (χ2v) is 4.94. The quantitative estimate of drug-likeness (QED) is 0.850. The maximum absolute atomic E-state index is 12.3. The van der Waals surface area contributed by atoms with E-state index in [1.807, 2.05) is 44.1 Å². The Hall–Kier alpha value is -1.55. The van der Waals surface area contributed by atoms with Crippen LogP contribution in [0.5, 0.6) is 0 Å². The van der Waals surface area contributed by atoms with Crippen molar-refractivity contribution in [3.05, 3.63) is 29.3 Å². The molecule has 1 fully saturated rings. The lowest BCUT2D eigenvalue weighted by atomic mass is 10.1. The zero-order valence-electron chi connectivity index (χ0n) is 11.4. The van der Waals surface area contributed by atoms with Crippen molar-refractivity contribution in [1.29, 1.82) is 0 Å². The van der Waals surface area contributed by atoms with E-state index in [-0.39, 0.29) is 5.91 Å². The van der Waals surface area contributed by atoms with Gasteiger partial charge in [-0.1, -0.05) is 0 Å². The first kappa shape index (κ1) is 12.9. The maximum atomic E-state index is 12.3. The molecule has 1 aliphatic heterocycles. The first-order valence-electron chi connectivity index (χ1n) is 6.37. The molecule has 98 valence electrons. The lowest BCUT2D eigenvalue weighted by Crippen LogP contribution is -2.46. The van der Waals surface area contributed by atoms with E-state index in [0.29, 0.717) is 0 Å². The molecule has 4 nitrogen and oxygen atoms in total. The smallest absolute Gasteiger partial charge is 0.253 e. The van der Waals surface area contributed by atoms with Crippen LogP contribution >= 0.6 is 0 Å². The van der Waals surface area contributed by atoms with E-state index in [9.17, 15) is 4.79 Å². The molecule has 18 heavy (non-hydrogen) atoms. The largest absolute Gasteiger partial charge is 0.377 e. The molecule has 1 aromatic carbocycles. The summed E-state index contributed by atoms with van der Waals surface area (Å²) in [6.07, 6.45) is 0. The Labute approximate surface area is 109 Å². The van der Waals surface area contributed by atoms with E-state index in [1.165, 1.54) is 0 Å². The fraction of sp³-hybridized carbons (Fsp3) is 0.500. The summed E-state index contributed by atoms with van der Waals surface area (Å²) in [6.45, 7) is 5.42. The summed E-state index contributed by atoms with van der Waals surface area (Å²) in [7, 11) is 4.03. The van der Waals surface area contributed by atoms with Gasteiger partial charge in [-0.05, 0) is 30.7 Å². The number of aryl methyl sites for hydroxylation is 1. The van der Waals surface area contributed by atoms with Crippen molar-refractivity contribution in [3.8, 4) is 0 Å². The van der Waals surface area contributed by atoms with Gasteiger partial charge in [-0.2, -0.15) is 0 Å². The number of carbonyl (C=O) groups is 1. The zero-order valence-corrected chi connectivity index (χ0v) is 11.4. The number of anilines is 1. The number of hydrogen-bond donors (Lipinski definition) is 1. The fourth-order valence-corrected chi connectivity index (χ4v) is 2.34. The molecule has 4 heteroatoms. The molecule has 0 radical (unpaired) electrons. The summed E-state index contributed by atoms with van der Waals surface area (Å²) >= 11 is 0. The lowest BCUT2D eigenvalue weighted by molar-refractivity contribution is 0.0736. The Bertz CT molecular complexity index is 437. The predicted molar refractivity (Wildman–Crippen MR) is 74.3 cm³/mol. The van der Waals surface area contributed by atoms with Gasteiger partial charge >= 0.3 is 0 Å². The molecule has 0 aromatic heterocycles. The van der Waals surface area contributed by atoms with Crippen LogP contribution < -0.4 is 10.2 Å². The summed E-state index contributed by atoms with van der Waals surface area (Å²) < 4.78 is 0. The van der Waals surface area contributed by atoms with Crippen molar-refractivity contribution in [2.45, 2.75) is 6.92 Å². The van der Waals surface area contributed by atoms with Crippen LogP contribution in [0.3, 0.4) is 0 Å². The normalized spacial score (nSPS) is 15.6. The Kier molecular flexibility index (Phi) is 3.87. The summed E-state index contributed by atoms with van der Waals surface area (Å²) in [5.41, 5.74) is 3.09. The van der Waals surface area contributed by atoms with E-state index < -0.39 is 0 Å². The zero-order chi connectivity index (χ0) is 13.1. The van der Waals surface area contributed by atoms with Gasteiger partial charge in [0.15, 0.2) is 0 Å². The summed E-state index contributed by atoms with van der Waals surface area (Å²) in [4.78, 5) is 16.3. The van der Waals surface area contributed by atoms with Gasteiger partial charge in [0.2, 0.25) is 0 Å². The monoisotopic (exact) mass is 247 g/mol. The molecule has 1 amide bonds. The molecule has 0 unspecified atom stereocenters. The van der Waals surface area contributed by atoms with Gasteiger partial charge in [-0.25, -0.2) is 0 Å². The lowest BCUT2D eigenvalue weighted by Gasteiger charge is -2.27. The second kappa shape index (κ2) is 5.40. The molecule has 1 saturated heterocycles. The van der Waals surface area contributed by atoms with E-state index in [0.717, 1.165) is 43.0 Å². The van der Waals surface area contributed by atoms with E-state index in [1.54, 1.807) is 0 Å². The van der Waals surface area contributed by atoms with Crippen molar-refractivity contribution in [3.63, 3.8) is 0 Å². The first-order chi connectivity index (χ1) is 8.59. The summed E-state index contributed by atoms with van der Waals surface area (Å²) in [5.74, 6) is 0.143. The molecule has 0 aliphatic carbocycles. The van der Waals surface area contributed by atoms with Crippen molar-refractivity contribution >= 4 is 11.6 Å². The molecule has 1 heterocycles. The van der Waals surface area contributed by atoms with Crippen LogP contribution in [0.4, 0.5) is 5.69 Å². The van der Waals surface area contributed by atoms with E-state index in [4.69, 9.17) is 0 Å². The first-order valence-corrected chi connectivity index (χ1v) is 6.37. The molecule has 1 aliphatic rings. The molecule has 1 aromatic rings. The standard InChI is InChI=1S/C14H21N3O/c1-11-10-12(4-5-13(11)16(2)3)14(18)17-8-6-15-7-9-17/h4-5,10,15H,6-9H2,1-3H3. The molecular formula is C14H21N3O. The molecule has 0 saturated carbocycles. The highest BCUT2D eigenvalue weighted by molar-refractivity contribution is 5.95. The SMILES string of the molecule is Cc1cc(C(=O)N2CCNCC2)ccc1N(C)C. The molecule has 1 N–H and O–H groups in total. The van der Waals surface area contributed by atoms with Crippen molar-refractivity contribution in [2.24, 2.45) is 0 Å².